The minimum Gasteiger partial charge on any atom is -0.330 e. The molecule has 15 heavy (non-hydrogen) atoms. The largest absolute Gasteiger partial charge is 0.330 e. The molecule has 0 atom stereocenters. The van der Waals surface area contributed by atoms with Crippen LogP contribution in [0, 0.1) is 11.3 Å². The molecule has 2 heteroatoms. The van der Waals surface area contributed by atoms with Gasteiger partial charge in [-0.3, -0.25) is 4.90 Å². The minimum atomic E-state index is 0.497. The van der Waals surface area contributed by atoms with Crippen molar-refractivity contribution in [3.63, 3.8) is 0 Å². The Balaban J connectivity index is 1.87. The van der Waals surface area contributed by atoms with Crippen LogP contribution in [-0.2, 0) is 0 Å². The monoisotopic (exact) mass is 210 g/mol. The molecule has 0 heterocycles. The second-order valence-electron chi connectivity index (χ2n) is 6.11. The highest BCUT2D eigenvalue weighted by atomic mass is 15.2. The first-order valence-corrected chi connectivity index (χ1v) is 6.59. The van der Waals surface area contributed by atoms with Gasteiger partial charge < -0.3 is 5.73 Å². The molecule has 2 N–H and O–H groups in total. The molecule has 2 saturated carbocycles. The van der Waals surface area contributed by atoms with Gasteiger partial charge in [-0.1, -0.05) is 20.3 Å². The summed E-state index contributed by atoms with van der Waals surface area (Å²) in [6, 6.07) is 0.899. The van der Waals surface area contributed by atoms with Crippen molar-refractivity contribution in [2.75, 3.05) is 19.6 Å². The van der Waals surface area contributed by atoms with Gasteiger partial charge in [0.05, 0.1) is 0 Å². The SMILES string of the molecule is CC(C)CN(CC1(CN)CCC1)C1CC1. The minimum absolute atomic E-state index is 0.497. The summed E-state index contributed by atoms with van der Waals surface area (Å²) in [6.45, 7) is 8.09. The second-order valence-corrected chi connectivity index (χ2v) is 6.11. The van der Waals surface area contributed by atoms with Gasteiger partial charge in [-0.2, -0.15) is 0 Å². The van der Waals surface area contributed by atoms with Gasteiger partial charge >= 0.3 is 0 Å². The Kier molecular flexibility index (Phi) is 3.36. The smallest absolute Gasteiger partial charge is 0.00967 e. The first kappa shape index (κ1) is 11.4. The normalized spacial score (nSPS) is 24.6. The summed E-state index contributed by atoms with van der Waals surface area (Å²) in [5, 5.41) is 0. The lowest BCUT2D eigenvalue weighted by Crippen LogP contribution is -2.48. The molecule has 0 spiro atoms. The van der Waals surface area contributed by atoms with Crippen molar-refractivity contribution < 1.29 is 0 Å². The van der Waals surface area contributed by atoms with Crippen LogP contribution in [0.4, 0.5) is 0 Å². The predicted octanol–water partition coefficient (Wildman–Crippen LogP) is 2.24. The molecule has 0 amide bonds. The molecule has 0 aromatic rings. The zero-order chi connectivity index (χ0) is 10.9. The molecule has 0 unspecified atom stereocenters. The fourth-order valence-electron chi connectivity index (χ4n) is 2.79. The summed E-state index contributed by atoms with van der Waals surface area (Å²) in [4.78, 5) is 2.72. The van der Waals surface area contributed by atoms with Crippen LogP contribution in [0.25, 0.3) is 0 Å². The van der Waals surface area contributed by atoms with Crippen LogP contribution >= 0.6 is 0 Å². The van der Waals surface area contributed by atoms with Gasteiger partial charge in [-0.25, -0.2) is 0 Å². The summed E-state index contributed by atoms with van der Waals surface area (Å²) in [5.41, 5.74) is 6.44. The Hall–Kier alpha value is -0.0800. The lowest BCUT2D eigenvalue weighted by Gasteiger charge is -2.45. The van der Waals surface area contributed by atoms with Crippen LogP contribution < -0.4 is 5.73 Å². The van der Waals surface area contributed by atoms with Crippen molar-refractivity contribution in [1.82, 2.24) is 4.90 Å². The maximum atomic E-state index is 5.94. The average molecular weight is 210 g/mol. The van der Waals surface area contributed by atoms with Crippen LogP contribution in [0.1, 0.15) is 46.0 Å². The van der Waals surface area contributed by atoms with E-state index in [2.05, 4.69) is 18.7 Å². The summed E-state index contributed by atoms with van der Waals surface area (Å²) in [5.74, 6) is 0.792. The van der Waals surface area contributed by atoms with Gasteiger partial charge in [0.15, 0.2) is 0 Å². The van der Waals surface area contributed by atoms with Crippen LogP contribution in [0.2, 0.25) is 0 Å². The van der Waals surface area contributed by atoms with E-state index < -0.39 is 0 Å². The zero-order valence-corrected chi connectivity index (χ0v) is 10.3. The van der Waals surface area contributed by atoms with Crippen LogP contribution in [-0.4, -0.2) is 30.6 Å². The number of nitrogens with two attached hydrogens (primary N) is 1. The Bertz CT molecular complexity index is 199. The van der Waals surface area contributed by atoms with Crippen molar-refractivity contribution in [2.45, 2.75) is 52.0 Å². The summed E-state index contributed by atoms with van der Waals surface area (Å²) >= 11 is 0. The van der Waals surface area contributed by atoms with Crippen molar-refractivity contribution in [3.8, 4) is 0 Å². The topological polar surface area (TPSA) is 29.3 Å². The van der Waals surface area contributed by atoms with E-state index in [4.69, 9.17) is 5.73 Å². The van der Waals surface area contributed by atoms with Gasteiger partial charge in [0, 0.05) is 19.1 Å². The molecule has 0 aromatic heterocycles. The molecule has 0 saturated heterocycles. The van der Waals surface area contributed by atoms with Crippen molar-refractivity contribution in [1.29, 1.82) is 0 Å². The molecule has 0 aromatic carbocycles. The van der Waals surface area contributed by atoms with Crippen molar-refractivity contribution in [2.24, 2.45) is 17.1 Å². The van der Waals surface area contributed by atoms with E-state index in [1.165, 1.54) is 45.2 Å². The third-order valence-electron chi connectivity index (χ3n) is 4.05. The second kappa shape index (κ2) is 4.42. The fraction of sp³-hybridized carbons (Fsp3) is 1.00. The van der Waals surface area contributed by atoms with E-state index in [9.17, 15) is 0 Å². The molecule has 2 nitrogen and oxygen atoms in total. The number of hydrogen-bond acceptors (Lipinski definition) is 2. The van der Waals surface area contributed by atoms with E-state index in [1.807, 2.05) is 0 Å². The van der Waals surface area contributed by atoms with Crippen molar-refractivity contribution in [3.05, 3.63) is 0 Å². The van der Waals surface area contributed by atoms with E-state index in [0.29, 0.717) is 5.41 Å². The Labute approximate surface area is 94.2 Å². The number of hydrogen-bond donors (Lipinski definition) is 1. The van der Waals surface area contributed by atoms with Gasteiger partial charge in [0.25, 0.3) is 0 Å². The van der Waals surface area contributed by atoms with Crippen LogP contribution in [0.3, 0.4) is 0 Å². The van der Waals surface area contributed by atoms with Crippen LogP contribution in [0.5, 0.6) is 0 Å². The third kappa shape index (κ3) is 2.73. The third-order valence-corrected chi connectivity index (χ3v) is 4.05. The maximum Gasteiger partial charge on any atom is 0.00967 e. The average Bonchev–Trinajstić information content (AvgIpc) is 2.91. The standard InChI is InChI=1S/C13H26N2/c1-11(2)8-15(12-4-5-12)10-13(9-14)6-3-7-13/h11-12H,3-10,14H2,1-2H3. The highest BCUT2D eigenvalue weighted by Gasteiger charge is 2.40. The molecule has 0 bridgehead atoms. The maximum absolute atomic E-state index is 5.94. The summed E-state index contributed by atoms with van der Waals surface area (Å²) in [7, 11) is 0. The highest BCUT2D eigenvalue weighted by molar-refractivity contribution is 4.95. The molecule has 2 aliphatic rings. The summed E-state index contributed by atoms with van der Waals surface area (Å²) < 4.78 is 0. The molecule has 0 aliphatic heterocycles. The first-order chi connectivity index (χ1) is 7.15. The molecular formula is C13H26N2. The van der Waals surface area contributed by atoms with Gasteiger partial charge in [-0.05, 0) is 43.6 Å². The summed E-state index contributed by atoms with van der Waals surface area (Å²) in [6.07, 6.45) is 6.98. The van der Waals surface area contributed by atoms with E-state index in [1.54, 1.807) is 0 Å². The highest BCUT2D eigenvalue weighted by Crippen LogP contribution is 2.42. The van der Waals surface area contributed by atoms with Crippen molar-refractivity contribution >= 4 is 0 Å². The molecule has 2 aliphatic carbocycles. The number of nitrogens with zero attached hydrogens (tertiary/aromatic N) is 1. The molecule has 0 radical (unpaired) electrons. The van der Waals surface area contributed by atoms with E-state index in [-0.39, 0.29) is 0 Å². The van der Waals surface area contributed by atoms with Gasteiger partial charge in [0.1, 0.15) is 0 Å². The molecule has 2 rings (SSSR count). The Morgan fingerprint density at radius 1 is 1.33 bits per heavy atom. The van der Waals surface area contributed by atoms with Crippen LogP contribution in [0.15, 0.2) is 0 Å². The van der Waals surface area contributed by atoms with E-state index >= 15 is 0 Å². The lowest BCUT2D eigenvalue weighted by atomic mass is 9.68. The van der Waals surface area contributed by atoms with E-state index in [0.717, 1.165) is 18.5 Å². The lowest BCUT2D eigenvalue weighted by molar-refractivity contribution is 0.0643. The zero-order valence-electron chi connectivity index (χ0n) is 10.3. The first-order valence-electron chi connectivity index (χ1n) is 6.59. The Morgan fingerprint density at radius 2 is 2.00 bits per heavy atom. The van der Waals surface area contributed by atoms with Gasteiger partial charge in [0.2, 0.25) is 0 Å². The Morgan fingerprint density at radius 3 is 2.33 bits per heavy atom. The molecular weight excluding hydrogens is 184 g/mol. The molecule has 2 fully saturated rings. The van der Waals surface area contributed by atoms with Gasteiger partial charge in [-0.15, -0.1) is 0 Å². The fourth-order valence-corrected chi connectivity index (χ4v) is 2.79. The molecule has 88 valence electrons. The quantitative estimate of drug-likeness (QED) is 0.728. The number of rotatable bonds is 6. The predicted molar refractivity (Wildman–Crippen MR) is 64.8 cm³/mol.